The Labute approximate surface area is 126 Å². The first-order valence-corrected chi connectivity index (χ1v) is 8.46. The Morgan fingerprint density at radius 1 is 1.53 bits per heavy atom. The number of amides is 1. The van der Waals surface area contributed by atoms with Crippen molar-refractivity contribution >= 4 is 33.2 Å². The van der Waals surface area contributed by atoms with Crippen molar-refractivity contribution < 1.29 is 9.53 Å². The summed E-state index contributed by atoms with van der Waals surface area (Å²) in [6, 6.07) is 2.08. The fraction of sp³-hybridized carbons (Fsp3) is 0.643. The minimum absolute atomic E-state index is 0.0662. The number of halogens is 1. The summed E-state index contributed by atoms with van der Waals surface area (Å²) >= 11 is 5.18. The smallest absolute Gasteiger partial charge is 0.261 e. The van der Waals surface area contributed by atoms with Crippen molar-refractivity contribution in [2.24, 2.45) is 0 Å². The van der Waals surface area contributed by atoms with Gasteiger partial charge in [-0.25, -0.2) is 0 Å². The van der Waals surface area contributed by atoms with Gasteiger partial charge in [0, 0.05) is 23.4 Å². The number of rotatable bonds is 6. The van der Waals surface area contributed by atoms with Gasteiger partial charge in [0.05, 0.1) is 11.5 Å². The van der Waals surface area contributed by atoms with Crippen LogP contribution in [0.25, 0.3) is 0 Å². The zero-order valence-electron chi connectivity index (χ0n) is 11.2. The van der Waals surface area contributed by atoms with Crippen molar-refractivity contribution in [1.82, 2.24) is 5.32 Å². The average Bonchev–Trinajstić information content (AvgIpc) is 2.82. The minimum Gasteiger partial charge on any atom is -0.384 e. The molecule has 1 amide bonds. The van der Waals surface area contributed by atoms with Crippen LogP contribution in [0.15, 0.2) is 6.07 Å². The molecule has 1 aliphatic carbocycles. The van der Waals surface area contributed by atoms with Crippen molar-refractivity contribution in [1.29, 1.82) is 0 Å². The standard InChI is InChI=1S/C14H20BrNO2S/c1-18-9-11(15)6-7-16-14(17)13-8-10-4-2-3-5-12(10)19-13/h8,11H,2-7,9H2,1H3,(H,16,17). The van der Waals surface area contributed by atoms with Gasteiger partial charge < -0.3 is 10.1 Å². The van der Waals surface area contributed by atoms with E-state index in [9.17, 15) is 4.79 Å². The topological polar surface area (TPSA) is 38.3 Å². The first-order valence-electron chi connectivity index (χ1n) is 6.73. The maximum Gasteiger partial charge on any atom is 0.261 e. The highest BCUT2D eigenvalue weighted by atomic mass is 79.9. The molecule has 1 unspecified atom stereocenters. The van der Waals surface area contributed by atoms with Crippen LogP contribution in [0.2, 0.25) is 0 Å². The van der Waals surface area contributed by atoms with Crippen LogP contribution in [0.5, 0.6) is 0 Å². The second-order valence-corrected chi connectivity index (χ2v) is 7.30. The monoisotopic (exact) mass is 345 g/mol. The lowest BCUT2D eigenvalue weighted by molar-refractivity contribution is 0.0956. The number of nitrogens with one attached hydrogen (secondary N) is 1. The number of hydrogen-bond donors (Lipinski definition) is 1. The lowest BCUT2D eigenvalue weighted by Crippen LogP contribution is -2.26. The quantitative estimate of drug-likeness (QED) is 0.804. The Balaban J connectivity index is 1.81. The second-order valence-electron chi connectivity index (χ2n) is 4.86. The minimum atomic E-state index is 0.0662. The van der Waals surface area contributed by atoms with Gasteiger partial charge in [0.15, 0.2) is 0 Å². The van der Waals surface area contributed by atoms with Crippen LogP contribution in [0.3, 0.4) is 0 Å². The molecule has 106 valence electrons. The maximum absolute atomic E-state index is 12.1. The van der Waals surface area contributed by atoms with Crippen LogP contribution in [-0.4, -0.2) is 31.0 Å². The van der Waals surface area contributed by atoms with Crippen LogP contribution < -0.4 is 5.32 Å². The largest absolute Gasteiger partial charge is 0.384 e. The summed E-state index contributed by atoms with van der Waals surface area (Å²) in [6.07, 6.45) is 5.68. The van der Waals surface area contributed by atoms with Crippen molar-refractivity contribution in [3.05, 3.63) is 21.4 Å². The molecule has 2 rings (SSSR count). The molecular weight excluding hydrogens is 326 g/mol. The number of thiophene rings is 1. The van der Waals surface area contributed by atoms with Crippen molar-refractivity contribution in [2.75, 3.05) is 20.3 Å². The van der Waals surface area contributed by atoms with E-state index in [1.165, 1.54) is 23.3 Å². The van der Waals surface area contributed by atoms with Crippen LogP contribution in [0, 0.1) is 0 Å². The normalized spacial score (nSPS) is 15.9. The summed E-state index contributed by atoms with van der Waals surface area (Å²) in [7, 11) is 1.68. The Kier molecular flexibility index (Phi) is 5.85. The van der Waals surface area contributed by atoms with Gasteiger partial charge >= 0.3 is 0 Å². The van der Waals surface area contributed by atoms with Gasteiger partial charge in [0.2, 0.25) is 0 Å². The summed E-state index contributed by atoms with van der Waals surface area (Å²) in [5.74, 6) is 0.0662. The van der Waals surface area contributed by atoms with Gasteiger partial charge in [-0.2, -0.15) is 0 Å². The lowest BCUT2D eigenvalue weighted by atomic mass is 9.99. The van der Waals surface area contributed by atoms with E-state index in [4.69, 9.17) is 4.74 Å². The Hall–Kier alpha value is -0.390. The van der Waals surface area contributed by atoms with Crippen molar-refractivity contribution in [3.63, 3.8) is 0 Å². The number of alkyl halides is 1. The van der Waals surface area contributed by atoms with Gasteiger partial charge in [0.25, 0.3) is 5.91 Å². The maximum atomic E-state index is 12.1. The molecule has 0 bridgehead atoms. The van der Waals surface area contributed by atoms with Crippen molar-refractivity contribution in [2.45, 2.75) is 36.9 Å². The molecule has 3 nitrogen and oxygen atoms in total. The average molecular weight is 346 g/mol. The third-order valence-corrected chi connectivity index (χ3v) is 5.27. The summed E-state index contributed by atoms with van der Waals surface area (Å²) in [6.45, 7) is 1.35. The molecule has 0 saturated carbocycles. The molecule has 19 heavy (non-hydrogen) atoms. The van der Waals surface area contributed by atoms with E-state index in [1.807, 2.05) is 0 Å². The third kappa shape index (κ3) is 4.29. The number of fused-ring (bicyclic) bond motifs is 1. The number of hydrogen-bond acceptors (Lipinski definition) is 3. The molecule has 1 aromatic heterocycles. The van der Waals surface area contributed by atoms with E-state index in [0.717, 1.165) is 24.1 Å². The molecular formula is C14H20BrNO2S. The Morgan fingerprint density at radius 2 is 2.32 bits per heavy atom. The predicted molar refractivity (Wildman–Crippen MR) is 82.5 cm³/mol. The lowest BCUT2D eigenvalue weighted by Gasteiger charge is -2.08. The fourth-order valence-electron chi connectivity index (χ4n) is 2.30. The zero-order valence-corrected chi connectivity index (χ0v) is 13.6. The molecule has 0 saturated heterocycles. The second kappa shape index (κ2) is 7.41. The van der Waals surface area contributed by atoms with Crippen LogP contribution in [0.4, 0.5) is 0 Å². The SMILES string of the molecule is COCC(Br)CCNC(=O)c1cc2c(s1)CCCC2. The molecule has 0 spiro atoms. The molecule has 1 atom stereocenters. The number of carbonyl (C=O) groups excluding carboxylic acids is 1. The summed E-state index contributed by atoms with van der Waals surface area (Å²) in [5.41, 5.74) is 1.39. The highest BCUT2D eigenvalue weighted by Gasteiger charge is 2.17. The highest BCUT2D eigenvalue weighted by Crippen LogP contribution is 2.29. The number of carbonyl (C=O) groups is 1. The van der Waals surface area contributed by atoms with E-state index < -0.39 is 0 Å². The molecule has 1 aliphatic rings. The van der Waals surface area contributed by atoms with Crippen molar-refractivity contribution in [3.8, 4) is 0 Å². The third-order valence-electron chi connectivity index (χ3n) is 3.31. The first kappa shape index (κ1) is 15.0. The van der Waals surface area contributed by atoms with E-state index in [-0.39, 0.29) is 5.91 Å². The van der Waals surface area contributed by atoms with Crippen LogP contribution in [-0.2, 0) is 17.6 Å². The summed E-state index contributed by atoms with van der Waals surface area (Å²) in [4.78, 5) is 14.6. The summed E-state index contributed by atoms with van der Waals surface area (Å²) < 4.78 is 5.04. The molecule has 5 heteroatoms. The van der Waals surface area contributed by atoms with E-state index >= 15 is 0 Å². The molecule has 0 fully saturated rings. The molecule has 1 aromatic rings. The molecule has 0 aliphatic heterocycles. The highest BCUT2D eigenvalue weighted by molar-refractivity contribution is 9.09. The van der Waals surface area contributed by atoms with Crippen LogP contribution in [0.1, 0.15) is 39.4 Å². The van der Waals surface area contributed by atoms with Gasteiger partial charge in [-0.1, -0.05) is 15.9 Å². The molecule has 0 radical (unpaired) electrons. The molecule has 1 heterocycles. The van der Waals surface area contributed by atoms with E-state index in [1.54, 1.807) is 18.4 Å². The van der Waals surface area contributed by atoms with Gasteiger partial charge in [-0.15, -0.1) is 11.3 Å². The molecule has 1 N–H and O–H groups in total. The summed E-state index contributed by atoms with van der Waals surface area (Å²) in [5, 5.41) is 2.98. The predicted octanol–water partition coefficient (Wildman–Crippen LogP) is 3.16. The molecule has 0 aromatic carbocycles. The van der Waals surface area contributed by atoms with Gasteiger partial charge in [-0.05, 0) is 43.7 Å². The zero-order chi connectivity index (χ0) is 13.7. The van der Waals surface area contributed by atoms with Gasteiger partial charge in [0.1, 0.15) is 0 Å². The van der Waals surface area contributed by atoms with Gasteiger partial charge in [-0.3, -0.25) is 4.79 Å². The fourth-order valence-corrected chi connectivity index (χ4v) is 3.96. The Morgan fingerprint density at radius 3 is 3.05 bits per heavy atom. The number of aryl methyl sites for hydroxylation is 2. The van der Waals surface area contributed by atoms with E-state index in [2.05, 4.69) is 27.3 Å². The number of methoxy groups -OCH3 is 1. The van der Waals surface area contributed by atoms with E-state index in [0.29, 0.717) is 18.0 Å². The number of ether oxygens (including phenoxy) is 1. The Bertz CT molecular complexity index is 410. The van der Waals surface area contributed by atoms with Crippen LogP contribution >= 0.6 is 27.3 Å². The first-order chi connectivity index (χ1) is 9.20.